The summed E-state index contributed by atoms with van der Waals surface area (Å²) < 4.78 is 1.02. The van der Waals surface area contributed by atoms with Crippen molar-refractivity contribution in [2.24, 2.45) is 5.92 Å². The Balaban J connectivity index is 1.95. The van der Waals surface area contributed by atoms with Crippen molar-refractivity contribution in [2.45, 2.75) is 13.0 Å². The van der Waals surface area contributed by atoms with Crippen LogP contribution in [-0.2, 0) is 16.1 Å². The molecule has 0 aromatic heterocycles. The number of hydrogen-bond donors (Lipinski definition) is 1. The van der Waals surface area contributed by atoms with Crippen LogP contribution in [0.15, 0.2) is 28.7 Å². The summed E-state index contributed by atoms with van der Waals surface area (Å²) in [6, 6.07) is 7.86. The van der Waals surface area contributed by atoms with Crippen LogP contribution in [0.3, 0.4) is 0 Å². The Hall–Kier alpha value is -1.36. The van der Waals surface area contributed by atoms with Crippen molar-refractivity contribution in [2.75, 3.05) is 13.6 Å². The molecule has 0 bridgehead atoms. The number of carbonyl (C=O) groups is 2. The summed E-state index contributed by atoms with van der Waals surface area (Å²) in [6.07, 6.45) is 0.309. The van der Waals surface area contributed by atoms with Gasteiger partial charge in [-0.2, -0.15) is 0 Å². The minimum atomic E-state index is -0.210. The van der Waals surface area contributed by atoms with E-state index in [0.29, 0.717) is 19.5 Å². The van der Waals surface area contributed by atoms with Crippen molar-refractivity contribution >= 4 is 27.7 Å². The van der Waals surface area contributed by atoms with Crippen LogP contribution in [-0.4, -0.2) is 30.3 Å². The number of hydrogen-bond acceptors (Lipinski definition) is 2. The van der Waals surface area contributed by atoms with E-state index in [1.807, 2.05) is 24.3 Å². The van der Waals surface area contributed by atoms with E-state index in [-0.39, 0.29) is 17.7 Å². The van der Waals surface area contributed by atoms with Gasteiger partial charge in [-0.05, 0) is 17.7 Å². The van der Waals surface area contributed by atoms with Gasteiger partial charge in [-0.15, -0.1) is 0 Å². The quantitative estimate of drug-likeness (QED) is 0.921. The summed E-state index contributed by atoms with van der Waals surface area (Å²) in [6.45, 7) is 1.03. The topological polar surface area (TPSA) is 49.4 Å². The van der Waals surface area contributed by atoms with Crippen molar-refractivity contribution in [1.82, 2.24) is 10.2 Å². The molecule has 1 unspecified atom stereocenters. The molecule has 1 saturated heterocycles. The van der Waals surface area contributed by atoms with Gasteiger partial charge in [0.2, 0.25) is 11.8 Å². The minimum absolute atomic E-state index is 0.0243. The third-order valence-electron chi connectivity index (χ3n) is 3.04. The summed E-state index contributed by atoms with van der Waals surface area (Å²) in [5.41, 5.74) is 1.08. The molecule has 1 aromatic carbocycles. The van der Waals surface area contributed by atoms with Gasteiger partial charge in [-0.3, -0.25) is 9.59 Å². The Morgan fingerprint density at radius 1 is 1.44 bits per heavy atom. The van der Waals surface area contributed by atoms with E-state index in [1.54, 1.807) is 11.9 Å². The number of nitrogens with zero attached hydrogens (tertiary/aromatic N) is 1. The van der Waals surface area contributed by atoms with Crippen molar-refractivity contribution in [3.63, 3.8) is 0 Å². The lowest BCUT2D eigenvalue weighted by Crippen LogP contribution is -2.33. The number of carbonyl (C=O) groups excluding carboxylic acids is 2. The number of benzene rings is 1. The molecule has 1 aliphatic heterocycles. The van der Waals surface area contributed by atoms with Crippen LogP contribution in [0.5, 0.6) is 0 Å². The zero-order valence-corrected chi connectivity index (χ0v) is 11.7. The molecule has 0 radical (unpaired) electrons. The minimum Gasteiger partial charge on any atom is -0.355 e. The summed E-state index contributed by atoms with van der Waals surface area (Å²) in [4.78, 5) is 24.9. The average Bonchev–Trinajstić information content (AvgIpc) is 2.78. The predicted octanol–water partition coefficient (Wildman–Crippen LogP) is 1.54. The van der Waals surface area contributed by atoms with Crippen molar-refractivity contribution in [3.8, 4) is 0 Å². The maximum atomic E-state index is 12.1. The van der Waals surface area contributed by atoms with Gasteiger partial charge in [0.05, 0.1) is 5.92 Å². The molecule has 5 heteroatoms. The number of amides is 2. The van der Waals surface area contributed by atoms with Gasteiger partial charge in [-0.1, -0.05) is 28.1 Å². The van der Waals surface area contributed by atoms with E-state index < -0.39 is 0 Å². The Labute approximate surface area is 114 Å². The normalized spacial score (nSPS) is 18.6. The van der Waals surface area contributed by atoms with E-state index in [2.05, 4.69) is 21.2 Å². The summed E-state index contributed by atoms with van der Waals surface area (Å²) in [7, 11) is 1.77. The first-order valence-electron chi connectivity index (χ1n) is 5.82. The van der Waals surface area contributed by atoms with Gasteiger partial charge in [0.1, 0.15) is 0 Å². The predicted molar refractivity (Wildman–Crippen MR) is 71.7 cm³/mol. The molecular formula is C13H15BrN2O2. The lowest BCUT2D eigenvalue weighted by atomic mass is 10.1. The summed E-state index contributed by atoms with van der Waals surface area (Å²) in [5.74, 6) is -0.223. The molecule has 0 saturated carbocycles. The highest BCUT2D eigenvalue weighted by molar-refractivity contribution is 9.10. The van der Waals surface area contributed by atoms with Gasteiger partial charge in [0.25, 0.3) is 0 Å². The smallest absolute Gasteiger partial charge is 0.228 e. The summed E-state index contributed by atoms with van der Waals surface area (Å²) in [5, 5.41) is 2.68. The molecule has 1 N–H and O–H groups in total. The summed E-state index contributed by atoms with van der Waals surface area (Å²) >= 11 is 3.37. The van der Waals surface area contributed by atoms with Crippen LogP contribution in [0.25, 0.3) is 0 Å². The van der Waals surface area contributed by atoms with Crippen LogP contribution < -0.4 is 5.32 Å². The van der Waals surface area contributed by atoms with Crippen LogP contribution in [0, 0.1) is 5.92 Å². The Kier molecular flexibility index (Phi) is 4.01. The fraction of sp³-hybridized carbons (Fsp3) is 0.385. The van der Waals surface area contributed by atoms with Gasteiger partial charge in [0.15, 0.2) is 0 Å². The molecule has 2 amide bonds. The molecule has 0 spiro atoms. The van der Waals surface area contributed by atoms with Crippen molar-refractivity contribution < 1.29 is 9.59 Å². The third kappa shape index (κ3) is 3.10. The number of rotatable bonds is 3. The zero-order chi connectivity index (χ0) is 13.1. The second-order valence-corrected chi connectivity index (χ2v) is 5.44. The molecular weight excluding hydrogens is 296 g/mol. The van der Waals surface area contributed by atoms with Gasteiger partial charge in [-0.25, -0.2) is 0 Å². The van der Waals surface area contributed by atoms with Crippen LogP contribution in [0.2, 0.25) is 0 Å². The first kappa shape index (κ1) is 13.1. The molecule has 2 rings (SSSR count). The third-order valence-corrected chi connectivity index (χ3v) is 3.56. The molecule has 1 aliphatic rings. The monoisotopic (exact) mass is 310 g/mol. The average molecular weight is 311 g/mol. The SMILES string of the molecule is CN(Cc1ccc(Br)cc1)C(=O)C1CNC(=O)C1. The Morgan fingerprint density at radius 3 is 2.67 bits per heavy atom. The van der Waals surface area contributed by atoms with Gasteiger partial charge >= 0.3 is 0 Å². The van der Waals surface area contributed by atoms with E-state index >= 15 is 0 Å². The van der Waals surface area contributed by atoms with Crippen LogP contribution in [0.4, 0.5) is 0 Å². The molecule has 96 valence electrons. The fourth-order valence-corrected chi connectivity index (χ4v) is 2.30. The lowest BCUT2D eigenvalue weighted by molar-refractivity contribution is -0.135. The highest BCUT2D eigenvalue weighted by Gasteiger charge is 2.29. The Bertz CT molecular complexity index is 459. The van der Waals surface area contributed by atoms with E-state index in [1.165, 1.54) is 0 Å². The highest BCUT2D eigenvalue weighted by atomic mass is 79.9. The first-order chi connectivity index (χ1) is 8.56. The highest BCUT2D eigenvalue weighted by Crippen LogP contribution is 2.15. The van der Waals surface area contributed by atoms with Crippen LogP contribution >= 0.6 is 15.9 Å². The number of halogens is 1. The van der Waals surface area contributed by atoms with Gasteiger partial charge < -0.3 is 10.2 Å². The van der Waals surface area contributed by atoms with Crippen molar-refractivity contribution in [1.29, 1.82) is 0 Å². The van der Waals surface area contributed by atoms with E-state index in [9.17, 15) is 9.59 Å². The zero-order valence-electron chi connectivity index (χ0n) is 10.1. The molecule has 1 fully saturated rings. The maximum absolute atomic E-state index is 12.1. The van der Waals surface area contributed by atoms with Crippen molar-refractivity contribution in [3.05, 3.63) is 34.3 Å². The maximum Gasteiger partial charge on any atom is 0.228 e. The van der Waals surface area contributed by atoms with Crippen LogP contribution in [0.1, 0.15) is 12.0 Å². The molecule has 0 aliphatic carbocycles. The second-order valence-electron chi connectivity index (χ2n) is 4.53. The molecule has 18 heavy (non-hydrogen) atoms. The lowest BCUT2D eigenvalue weighted by Gasteiger charge is -2.20. The first-order valence-corrected chi connectivity index (χ1v) is 6.61. The van der Waals surface area contributed by atoms with Gasteiger partial charge in [0, 0.05) is 31.0 Å². The van der Waals surface area contributed by atoms with E-state index in [4.69, 9.17) is 0 Å². The second kappa shape index (κ2) is 5.52. The standard InChI is InChI=1S/C13H15BrN2O2/c1-16(8-9-2-4-11(14)5-3-9)13(18)10-6-12(17)15-7-10/h2-5,10H,6-8H2,1H3,(H,15,17). The van der Waals surface area contributed by atoms with E-state index in [0.717, 1.165) is 10.0 Å². The molecule has 1 atom stereocenters. The largest absolute Gasteiger partial charge is 0.355 e. The Morgan fingerprint density at radius 2 is 2.11 bits per heavy atom. The number of nitrogens with one attached hydrogen (secondary N) is 1. The fourth-order valence-electron chi connectivity index (χ4n) is 2.03. The molecule has 4 nitrogen and oxygen atoms in total. The molecule has 1 heterocycles. The molecule has 1 aromatic rings.